The van der Waals surface area contributed by atoms with Crippen LogP contribution in [0, 0.1) is 0 Å². The molecule has 0 saturated carbocycles. The second kappa shape index (κ2) is 7.79. The third-order valence-electron chi connectivity index (χ3n) is 4.74. The first-order valence-corrected chi connectivity index (χ1v) is 9.33. The lowest BCUT2D eigenvalue weighted by molar-refractivity contribution is -0.147. The topological polar surface area (TPSA) is 60.0 Å². The minimum Gasteiger partial charge on any atom is -0.497 e. The van der Waals surface area contributed by atoms with Gasteiger partial charge < -0.3 is 24.6 Å². The van der Waals surface area contributed by atoms with E-state index in [1.54, 1.807) is 7.11 Å². The predicted octanol–water partition coefficient (Wildman–Crippen LogP) is 4.31. The number of rotatable bonds is 6. The Bertz CT molecular complexity index is 788. The molecule has 0 aliphatic carbocycles. The number of aliphatic hydroxyl groups excluding tert-OH is 1. The van der Waals surface area contributed by atoms with Gasteiger partial charge in [-0.3, -0.25) is 0 Å². The van der Waals surface area contributed by atoms with Crippen molar-refractivity contribution in [1.82, 2.24) is 0 Å². The molecule has 0 fully saturated rings. The van der Waals surface area contributed by atoms with Gasteiger partial charge in [0.15, 0.2) is 0 Å². The fourth-order valence-corrected chi connectivity index (χ4v) is 3.28. The summed E-state index contributed by atoms with van der Waals surface area (Å²) < 4.78 is 17.3. The van der Waals surface area contributed by atoms with Gasteiger partial charge in [0, 0.05) is 17.8 Å². The Morgan fingerprint density at radius 1 is 1.19 bits per heavy atom. The molecule has 1 heterocycles. The molecule has 2 aromatic rings. The van der Waals surface area contributed by atoms with Gasteiger partial charge in [0.1, 0.15) is 29.3 Å². The smallest absolute Gasteiger partial charge is 0.132 e. The zero-order valence-electron chi connectivity index (χ0n) is 16.7. The number of hydrogen-bond acceptors (Lipinski definition) is 5. The lowest BCUT2D eigenvalue weighted by atomic mass is 9.88. The molecule has 27 heavy (non-hydrogen) atoms. The van der Waals surface area contributed by atoms with Gasteiger partial charge in [0.05, 0.1) is 13.2 Å². The van der Waals surface area contributed by atoms with E-state index in [4.69, 9.17) is 14.2 Å². The monoisotopic (exact) mass is 371 g/mol. The SMILES string of the molecule is COc1cccc(CNc2ccc3c(c2)[C@@H](OC(C)C)[C@H](O)C(C)(C)O3)c1. The van der Waals surface area contributed by atoms with Crippen LogP contribution in [0.4, 0.5) is 5.69 Å². The Hall–Kier alpha value is -2.24. The van der Waals surface area contributed by atoms with Crippen LogP contribution in [-0.2, 0) is 11.3 Å². The van der Waals surface area contributed by atoms with Crippen LogP contribution in [0.2, 0.25) is 0 Å². The van der Waals surface area contributed by atoms with Crippen LogP contribution in [0.1, 0.15) is 44.9 Å². The first-order valence-electron chi connectivity index (χ1n) is 9.33. The highest BCUT2D eigenvalue weighted by atomic mass is 16.5. The van der Waals surface area contributed by atoms with Crippen molar-refractivity contribution < 1.29 is 19.3 Å². The first-order chi connectivity index (χ1) is 12.8. The largest absolute Gasteiger partial charge is 0.497 e. The normalized spacial score (nSPS) is 20.7. The summed E-state index contributed by atoms with van der Waals surface area (Å²) in [5, 5.41) is 14.2. The summed E-state index contributed by atoms with van der Waals surface area (Å²) in [7, 11) is 1.66. The van der Waals surface area contributed by atoms with Gasteiger partial charge in [-0.05, 0) is 63.6 Å². The third kappa shape index (κ3) is 4.37. The first kappa shape index (κ1) is 19.5. The van der Waals surface area contributed by atoms with E-state index in [1.807, 2.05) is 70.2 Å². The van der Waals surface area contributed by atoms with Crippen LogP contribution in [0.5, 0.6) is 11.5 Å². The highest BCUT2D eigenvalue weighted by molar-refractivity contribution is 5.54. The number of anilines is 1. The standard InChI is InChI=1S/C22H29NO4/c1-14(2)26-20-18-12-16(9-10-19(18)27-22(3,4)21(20)24)23-13-15-7-6-8-17(11-15)25-5/h6-12,14,20-21,23-24H,13H2,1-5H3/t20-,21+/m1/s1. The second-order valence-corrected chi connectivity index (χ2v) is 7.71. The maximum Gasteiger partial charge on any atom is 0.132 e. The van der Waals surface area contributed by atoms with Gasteiger partial charge in [-0.2, -0.15) is 0 Å². The third-order valence-corrected chi connectivity index (χ3v) is 4.74. The van der Waals surface area contributed by atoms with Gasteiger partial charge >= 0.3 is 0 Å². The number of hydrogen-bond donors (Lipinski definition) is 2. The molecule has 0 radical (unpaired) electrons. The Balaban J connectivity index is 1.82. The Labute approximate surface area is 161 Å². The van der Waals surface area contributed by atoms with E-state index in [0.717, 1.165) is 28.3 Å². The molecule has 5 heteroatoms. The van der Waals surface area contributed by atoms with Gasteiger partial charge in [-0.25, -0.2) is 0 Å². The fraction of sp³-hybridized carbons (Fsp3) is 0.455. The van der Waals surface area contributed by atoms with E-state index in [-0.39, 0.29) is 6.10 Å². The zero-order chi connectivity index (χ0) is 19.6. The van der Waals surface area contributed by atoms with Gasteiger partial charge in [0.25, 0.3) is 0 Å². The summed E-state index contributed by atoms with van der Waals surface area (Å²) in [5.41, 5.74) is 2.23. The summed E-state index contributed by atoms with van der Waals surface area (Å²) in [5.74, 6) is 1.59. The lowest BCUT2D eigenvalue weighted by Crippen LogP contribution is -2.49. The van der Waals surface area contributed by atoms with Crippen LogP contribution in [0.15, 0.2) is 42.5 Å². The van der Waals surface area contributed by atoms with Gasteiger partial charge in [-0.1, -0.05) is 12.1 Å². The minimum absolute atomic E-state index is 0.000186. The zero-order valence-corrected chi connectivity index (χ0v) is 16.7. The summed E-state index contributed by atoms with van der Waals surface area (Å²) in [6.07, 6.45) is -1.18. The molecule has 0 unspecified atom stereocenters. The maximum absolute atomic E-state index is 10.8. The Morgan fingerprint density at radius 3 is 2.67 bits per heavy atom. The Morgan fingerprint density at radius 2 is 1.96 bits per heavy atom. The van der Waals surface area contributed by atoms with Crippen LogP contribution >= 0.6 is 0 Å². The van der Waals surface area contributed by atoms with Crippen molar-refractivity contribution in [2.75, 3.05) is 12.4 Å². The van der Waals surface area contributed by atoms with Gasteiger partial charge in [-0.15, -0.1) is 0 Å². The summed E-state index contributed by atoms with van der Waals surface area (Å²) in [6.45, 7) is 8.37. The number of methoxy groups -OCH3 is 1. The van der Waals surface area contributed by atoms with Crippen LogP contribution in [-0.4, -0.2) is 30.0 Å². The lowest BCUT2D eigenvalue weighted by Gasteiger charge is -2.42. The minimum atomic E-state index is -0.749. The summed E-state index contributed by atoms with van der Waals surface area (Å²) in [4.78, 5) is 0. The molecular weight excluding hydrogens is 342 g/mol. The molecule has 2 atom stereocenters. The number of ether oxygens (including phenoxy) is 3. The average molecular weight is 371 g/mol. The molecule has 0 spiro atoms. The molecule has 2 N–H and O–H groups in total. The molecule has 1 aliphatic rings. The average Bonchev–Trinajstić information content (AvgIpc) is 2.63. The van der Waals surface area contributed by atoms with Crippen LogP contribution in [0.3, 0.4) is 0 Å². The molecule has 0 amide bonds. The van der Waals surface area contributed by atoms with E-state index in [2.05, 4.69) is 5.32 Å². The van der Waals surface area contributed by atoms with E-state index in [0.29, 0.717) is 6.54 Å². The molecule has 146 valence electrons. The molecule has 2 aromatic carbocycles. The highest BCUT2D eigenvalue weighted by Crippen LogP contribution is 2.43. The van der Waals surface area contributed by atoms with Crippen molar-refractivity contribution >= 4 is 5.69 Å². The van der Waals surface area contributed by atoms with Gasteiger partial charge in [0.2, 0.25) is 0 Å². The molecule has 5 nitrogen and oxygen atoms in total. The molecule has 1 aliphatic heterocycles. The molecular formula is C22H29NO4. The summed E-state index contributed by atoms with van der Waals surface area (Å²) >= 11 is 0. The number of fused-ring (bicyclic) bond motifs is 1. The van der Waals surface area contributed by atoms with Crippen molar-refractivity contribution in [2.45, 2.75) is 58.2 Å². The quantitative estimate of drug-likeness (QED) is 0.793. The van der Waals surface area contributed by atoms with E-state index < -0.39 is 17.8 Å². The number of aliphatic hydroxyl groups is 1. The molecule has 3 rings (SSSR count). The van der Waals surface area contributed by atoms with E-state index in [9.17, 15) is 5.11 Å². The maximum atomic E-state index is 10.8. The van der Waals surface area contributed by atoms with E-state index in [1.165, 1.54) is 0 Å². The van der Waals surface area contributed by atoms with Crippen molar-refractivity contribution in [3.05, 3.63) is 53.6 Å². The molecule has 0 aromatic heterocycles. The van der Waals surface area contributed by atoms with Crippen molar-refractivity contribution in [3.8, 4) is 11.5 Å². The Kier molecular flexibility index (Phi) is 5.63. The molecule has 0 saturated heterocycles. The fourth-order valence-electron chi connectivity index (χ4n) is 3.28. The van der Waals surface area contributed by atoms with Crippen LogP contribution in [0.25, 0.3) is 0 Å². The van der Waals surface area contributed by atoms with Crippen LogP contribution < -0.4 is 14.8 Å². The second-order valence-electron chi connectivity index (χ2n) is 7.71. The molecule has 0 bridgehead atoms. The number of benzene rings is 2. The highest BCUT2D eigenvalue weighted by Gasteiger charge is 2.44. The van der Waals surface area contributed by atoms with Crippen molar-refractivity contribution in [2.24, 2.45) is 0 Å². The van der Waals surface area contributed by atoms with E-state index >= 15 is 0 Å². The van der Waals surface area contributed by atoms with Crippen molar-refractivity contribution in [1.29, 1.82) is 0 Å². The van der Waals surface area contributed by atoms with Crippen molar-refractivity contribution in [3.63, 3.8) is 0 Å². The number of nitrogens with one attached hydrogen (secondary N) is 1. The predicted molar refractivity (Wildman–Crippen MR) is 106 cm³/mol. The summed E-state index contributed by atoms with van der Waals surface area (Å²) in [6, 6.07) is 13.9.